The number of carbonyl (C=O) groups is 1. The molecule has 0 radical (unpaired) electrons. The van der Waals surface area contributed by atoms with Crippen molar-refractivity contribution in [3.8, 4) is 0 Å². The van der Waals surface area contributed by atoms with Crippen LogP contribution in [0.25, 0.3) is 12.2 Å². The molecule has 2 aliphatic rings. The van der Waals surface area contributed by atoms with Crippen molar-refractivity contribution in [2.24, 2.45) is 5.92 Å². The Hall–Kier alpha value is -2.61. The molecule has 6 nitrogen and oxygen atoms in total. The minimum absolute atomic E-state index is 0.0779. The van der Waals surface area contributed by atoms with Gasteiger partial charge in [0, 0.05) is 55.1 Å². The zero-order chi connectivity index (χ0) is 24.3. The van der Waals surface area contributed by atoms with E-state index in [1.165, 1.54) is 21.7 Å². The van der Waals surface area contributed by atoms with Gasteiger partial charge in [0.1, 0.15) is 0 Å². The maximum Gasteiger partial charge on any atom is 0.235 e. The van der Waals surface area contributed by atoms with Gasteiger partial charge in [0.15, 0.2) is 0 Å². The maximum atomic E-state index is 12.8. The monoisotopic (exact) mass is 492 g/mol. The van der Waals surface area contributed by atoms with Crippen LogP contribution < -0.4 is 10.2 Å². The SMILES string of the molecule is CCCN(CCC1CNC(=O)CN(SC2=Cc3ccccc3C=CC2)CCOC1)c1ccncc1. The molecular formula is C28H36N4O2S. The van der Waals surface area contributed by atoms with Crippen LogP contribution in [-0.4, -0.2) is 61.1 Å². The third-order valence-corrected chi connectivity index (χ3v) is 7.34. The quantitative estimate of drug-likeness (QED) is 0.531. The number of carbonyl (C=O) groups excluding carboxylic acids is 1. The van der Waals surface area contributed by atoms with Crippen molar-refractivity contribution in [3.05, 3.63) is 70.9 Å². The molecule has 0 saturated carbocycles. The van der Waals surface area contributed by atoms with Crippen molar-refractivity contribution < 1.29 is 9.53 Å². The van der Waals surface area contributed by atoms with E-state index in [2.05, 4.69) is 81.1 Å². The standard InChI is InChI=1S/C28H36N4O2S/c1-2-15-31(26-10-13-29-14-11-26)16-12-23-20-30-28(33)21-32(17-18-34-22-23)35-27-9-5-8-24-6-3-4-7-25(24)19-27/h3-8,10-11,13-14,19,23H,2,9,12,15-18,20-22H2,1H3,(H,30,33). The van der Waals surface area contributed by atoms with E-state index >= 15 is 0 Å². The Bertz CT molecular complexity index is 1010. The summed E-state index contributed by atoms with van der Waals surface area (Å²) in [6.07, 6.45) is 13.2. The number of rotatable bonds is 8. The Morgan fingerprint density at radius 3 is 2.83 bits per heavy atom. The van der Waals surface area contributed by atoms with E-state index in [9.17, 15) is 4.79 Å². The summed E-state index contributed by atoms with van der Waals surface area (Å²) < 4.78 is 8.21. The normalized spacial score (nSPS) is 19.3. The number of amides is 1. The summed E-state index contributed by atoms with van der Waals surface area (Å²) in [6, 6.07) is 12.5. The third-order valence-electron chi connectivity index (χ3n) is 6.25. The van der Waals surface area contributed by atoms with Crippen molar-refractivity contribution in [2.75, 3.05) is 50.8 Å². The molecule has 4 rings (SSSR count). The summed E-state index contributed by atoms with van der Waals surface area (Å²) in [6.45, 7) is 7.15. The summed E-state index contributed by atoms with van der Waals surface area (Å²) in [5.74, 6) is 0.375. The lowest BCUT2D eigenvalue weighted by Crippen LogP contribution is -2.41. The number of fused-ring (bicyclic) bond motifs is 1. The van der Waals surface area contributed by atoms with E-state index in [-0.39, 0.29) is 5.91 Å². The number of aromatic nitrogens is 1. The fraction of sp³-hybridized carbons (Fsp3) is 0.429. The Kier molecular flexibility index (Phi) is 9.81. The highest BCUT2D eigenvalue weighted by Crippen LogP contribution is 2.30. The van der Waals surface area contributed by atoms with Crippen LogP contribution in [0.3, 0.4) is 0 Å². The van der Waals surface area contributed by atoms with Gasteiger partial charge in [0.2, 0.25) is 5.91 Å². The average molecular weight is 493 g/mol. The van der Waals surface area contributed by atoms with E-state index in [0.29, 0.717) is 38.8 Å². The van der Waals surface area contributed by atoms with Crippen molar-refractivity contribution in [1.82, 2.24) is 14.6 Å². The number of nitrogens with zero attached hydrogens (tertiary/aromatic N) is 3. The number of hydrogen-bond acceptors (Lipinski definition) is 6. The Morgan fingerprint density at radius 1 is 1.17 bits per heavy atom. The number of pyridine rings is 1. The van der Waals surface area contributed by atoms with Crippen LogP contribution in [0.5, 0.6) is 0 Å². The molecular weight excluding hydrogens is 456 g/mol. The first kappa shape index (κ1) is 25.5. The first-order valence-electron chi connectivity index (χ1n) is 12.6. The summed E-state index contributed by atoms with van der Waals surface area (Å²) in [4.78, 5) is 20.5. The maximum absolute atomic E-state index is 12.8. The fourth-order valence-corrected chi connectivity index (χ4v) is 5.41. The Morgan fingerprint density at radius 2 is 2.00 bits per heavy atom. The van der Waals surface area contributed by atoms with Gasteiger partial charge in [-0.2, -0.15) is 0 Å². The number of allylic oxidation sites excluding steroid dienone is 2. The van der Waals surface area contributed by atoms with Crippen LogP contribution in [0.15, 0.2) is 59.8 Å². The molecule has 0 bridgehead atoms. The van der Waals surface area contributed by atoms with Crippen LogP contribution in [0, 0.1) is 5.92 Å². The highest BCUT2D eigenvalue weighted by molar-refractivity contribution is 8.01. The molecule has 0 spiro atoms. The van der Waals surface area contributed by atoms with E-state index in [0.717, 1.165) is 32.4 Å². The summed E-state index contributed by atoms with van der Waals surface area (Å²) in [5.41, 5.74) is 3.65. The topological polar surface area (TPSA) is 57.7 Å². The van der Waals surface area contributed by atoms with Crippen molar-refractivity contribution >= 4 is 35.7 Å². The molecule has 1 aliphatic carbocycles. The zero-order valence-electron chi connectivity index (χ0n) is 20.6. The predicted octanol–water partition coefficient (Wildman–Crippen LogP) is 4.86. The second-order valence-corrected chi connectivity index (χ2v) is 10.3. The summed E-state index contributed by atoms with van der Waals surface area (Å²) >= 11 is 1.67. The zero-order valence-corrected chi connectivity index (χ0v) is 21.4. The van der Waals surface area contributed by atoms with Gasteiger partial charge in [-0.25, -0.2) is 4.31 Å². The van der Waals surface area contributed by atoms with Gasteiger partial charge in [-0.1, -0.05) is 43.3 Å². The average Bonchev–Trinajstić information content (AvgIpc) is 3.08. The molecule has 1 aromatic heterocycles. The summed E-state index contributed by atoms with van der Waals surface area (Å²) in [5, 5.41) is 3.16. The molecule has 35 heavy (non-hydrogen) atoms. The molecule has 186 valence electrons. The Labute approximate surface area is 213 Å². The van der Waals surface area contributed by atoms with Gasteiger partial charge >= 0.3 is 0 Å². The largest absolute Gasteiger partial charge is 0.380 e. The number of nitrogens with one attached hydrogen (secondary N) is 1. The number of hydrogen-bond donors (Lipinski definition) is 1. The second-order valence-electron chi connectivity index (χ2n) is 9.03. The molecule has 1 N–H and O–H groups in total. The van der Waals surface area contributed by atoms with Crippen LogP contribution >= 0.6 is 11.9 Å². The first-order valence-corrected chi connectivity index (χ1v) is 13.4. The van der Waals surface area contributed by atoms with Gasteiger partial charge in [0.05, 0.1) is 19.8 Å². The van der Waals surface area contributed by atoms with Gasteiger partial charge in [-0.3, -0.25) is 9.78 Å². The van der Waals surface area contributed by atoms with Gasteiger partial charge in [0.25, 0.3) is 0 Å². The molecule has 1 fully saturated rings. The number of ether oxygens (including phenoxy) is 1. The highest BCUT2D eigenvalue weighted by Gasteiger charge is 2.19. The van der Waals surface area contributed by atoms with Crippen LogP contribution in [0.4, 0.5) is 5.69 Å². The molecule has 2 aromatic rings. The van der Waals surface area contributed by atoms with Crippen molar-refractivity contribution in [2.45, 2.75) is 26.2 Å². The molecule has 1 aromatic carbocycles. The van der Waals surface area contributed by atoms with Gasteiger partial charge in [-0.05, 0) is 60.5 Å². The van der Waals surface area contributed by atoms with Gasteiger partial charge < -0.3 is 15.0 Å². The fourth-order valence-electron chi connectivity index (χ4n) is 4.38. The molecule has 1 aliphatic heterocycles. The summed E-state index contributed by atoms with van der Waals surface area (Å²) in [7, 11) is 0. The lowest BCUT2D eigenvalue weighted by atomic mass is 10.1. The highest BCUT2D eigenvalue weighted by atomic mass is 32.2. The van der Waals surface area contributed by atoms with E-state index in [1.54, 1.807) is 11.9 Å². The third kappa shape index (κ3) is 7.95. The van der Waals surface area contributed by atoms with Crippen LogP contribution in [-0.2, 0) is 9.53 Å². The molecule has 2 heterocycles. The van der Waals surface area contributed by atoms with Crippen molar-refractivity contribution in [1.29, 1.82) is 0 Å². The molecule has 1 amide bonds. The number of anilines is 1. The van der Waals surface area contributed by atoms with Gasteiger partial charge in [-0.15, -0.1) is 0 Å². The molecule has 1 atom stereocenters. The predicted molar refractivity (Wildman–Crippen MR) is 146 cm³/mol. The minimum Gasteiger partial charge on any atom is -0.380 e. The number of benzene rings is 1. The minimum atomic E-state index is 0.0779. The molecule has 1 saturated heterocycles. The first-order chi connectivity index (χ1) is 17.2. The lowest BCUT2D eigenvalue weighted by Gasteiger charge is -2.28. The smallest absolute Gasteiger partial charge is 0.235 e. The Balaban J connectivity index is 1.30. The van der Waals surface area contributed by atoms with E-state index in [4.69, 9.17) is 4.74 Å². The second kappa shape index (κ2) is 13.5. The van der Waals surface area contributed by atoms with Crippen LogP contribution in [0.1, 0.15) is 37.3 Å². The molecule has 1 unspecified atom stereocenters. The van der Waals surface area contributed by atoms with E-state index in [1.807, 2.05) is 12.4 Å². The lowest BCUT2D eigenvalue weighted by molar-refractivity contribution is -0.121. The van der Waals surface area contributed by atoms with E-state index < -0.39 is 0 Å². The van der Waals surface area contributed by atoms with Crippen molar-refractivity contribution in [3.63, 3.8) is 0 Å². The molecule has 7 heteroatoms. The van der Waals surface area contributed by atoms with Crippen LogP contribution in [0.2, 0.25) is 0 Å².